The average molecular weight is 424 g/mol. The van der Waals surface area contributed by atoms with Crippen molar-refractivity contribution in [3.8, 4) is 11.4 Å². The molecule has 1 fully saturated rings. The fourth-order valence-electron chi connectivity index (χ4n) is 3.88. The maximum absolute atomic E-state index is 12.3. The van der Waals surface area contributed by atoms with Crippen LogP contribution in [0.3, 0.4) is 0 Å². The molecule has 31 heavy (non-hydrogen) atoms. The minimum absolute atomic E-state index is 0.249. The van der Waals surface area contributed by atoms with Crippen molar-refractivity contribution in [1.29, 1.82) is 0 Å². The molecule has 0 atom stereocenters. The summed E-state index contributed by atoms with van der Waals surface area (Å²) in [7, 11) is 5.63. The number of fused-ring (bicyclic) bond motifs is 1. The maximum Gasteiger partial charge on any atom is 0.223 e. The van der Waals surface area contributed by atoms with Crippen molar-refractivity contribution < 1.29 is 9.53 Å². The number of piperidine rings is 1. The van der Waals surface area contributed by atoms with E-state index in [-0.39, 0.29) is 5.91 Å². The van der Waals surface area contributed by atoms with E-state index in [1.165, 1.54) is 0 Å². The molecule has 0 unspecified atom stereocenters. The zero-order valence-electron chi connectivity index (χ0n) is 18.4. The highest BCUT2D eigenvalue weighted by Gasteiger charge is 2.24. The number of methoxy groups -OCH3 is 1. The predicted molar refractivity (Wildman–Crippen MR) is 117 cm³/mol. The van der Waals surface area contributed by atoms with Gasteiger partial charge in [-0.15, -0.1) is 5.10 Å². The lowest BCUT2D eigenvalue weighted by Crippen LogP contribution is -2.40. The number of rotatable bonds is 7. The Morgan fingerprint density at radius 2 is 1.94 bits per heavy atom. The summed E-state index contributed by atoms with van der Waals surface area (Å²) < 4.78 is 6.95. The van der Waals surface area contributed by atoms with Crippen LogP contribution in [0.15, 0.2) is 30.5 Å². The Labute approximate surface area is 182 Å². The van der Waals surface area contributed by atoms with E-state index in [9.17, 15) is 4.79 Å². The van der Waals surface area contributed by atoms with Gasteiger partial charge >= 0.3 is 0 Å². The monoisotopic (exact) mass is 423 g/mol. The first-order chi connectivity index (χ1) is 15.0. The van der Waals surface area contributed by atoms with Gasteiger partial charge in [0.15, 0.2) is 11.2 Å². The lowest BCUT2D eigenvalue weighted by molar-refractivity contribution is -0.132. The molecule has 0 saturated carbocycles. The molecule has 1 amide bonds. The molecule has 2 aromatic heterocycles. The van der Waals surface area contributed by atoms with Crippen molar-refractivity contribution in [2.24, 2.45) is 5.92 Å². The summed E-state index contributed by atoms with van der Waals surface area (Å²) in [6.07, 6.45) is 5.07. The van der Waals surface area contributed by atoms with Crippen LogP contribution in [0.1, 0.15) is 25.1 Å². The fourth-order valence-corrected chi connectivity index (χ4v) is 3.88. The Kier molecular flexibility index (Phi) is 6.41. The quantitative estimate of drug-likeness (QED) is 0.574. The first-order valence-electron chi connectivity index (χ1n) is 10.7. The number of aromatic nitrogens is 5. The molecule has 3 heterocycles. The van der Waals surface area contributed by atoms with Crippen LogP contribution in [0.25, 0.3) is 16.9 Å². The molecule has 1 aliphatic heterocycles. The van der Waals surface area contributed by atoms with E-state index in [4.69, 9.17) is 9.72 Å². The molecule has 9 nitrogen and oxygen atoms in total. The Hall–Kier alpha value is -3.07. The third kappa shape index (κ3) is 4.99. The first-order valence-corrected chi connectivity index (χ1v) is 10.7. The second-order valence-corrected chi connectivity index (χ2v) is 8.28. The highest BCUT2D eigenvalue weighted by Crippen LogP contribution is 2.22. The van der Waals surface area contributed by atoms with Gasteiger partial charge in [-0.25, -0.2) is 9.97 Å². The molecule has 9 heteroatoms. The summed E-state index contributed by atoms with van der Waals surface area (Å²) in [6, 6.07) is 7.63. The minimum atomic E-state index is 0.249. The summed E-state index contributed by atoms with van der Waals surface area (Å²) in [5.41, 5.74) is 2.24. The summed E-state index contributed by atoms with van der Waals surface area (Å²) in [6.45, 7) is 2.41. The van der Waals surface area contributed by atoms with Crippen LogP contribution < -0.4 is 4.74 Å². The third-order valence-electron chi connectivity index (χ3n) is 5.77. The summed E-state index contributed by atoms with van der Waals surface area (Å²) in [4.78, 5) is 25.7. The number of carbonyl (C=O) groups excluding carboxylic acids is 1. The van der Waals surface area contributed by atoms with Gasteiger partial charge in [0, 0.05) is 32.5 Å². The Bertz CT molecular complexity index is 1020. The second kappa shape index (κ2) is 9.38. The van der Waals surface area contributed by atoms with Gasteiger partial charge in [-0.2, -0.15) is 4.68 Å². The molecule has 0 N–H and O–H groups in total. The number of nitrogens with zero attached hydrogens (tertiary/aromatic N) is 7. The van der Waals surface area contributed by atoms with Gasteiger partial charge in [0.1, 0.15) is 11.6 Å². The van der Waals surface area contributed by atoms with Crippen molar-refractivity contribution >= 4 is 17.1 Å². The molecule has 1 aromatic carbocycles. The second-order valence-electron chi connectivity index (χ2n) is 8.28. The van der Waals surface area contributed by atoms with Gasteiger partial charge in [0.25, 0.3) is 0 Å². The van der Waals surface area contributed by atoms with E-state index in [0.29, 0.717) is 23.5 Å². The van der Waals surface area contributed by atoms with Crippen molar-refractivity contribution in [3.05, 3.63) is 36.3 Å². The number of hydrogen-bond acceptors (Lipinski definition) is 7. The van der Waals surface area contributed by atoms with Crippen LogP contribution in [0, 0.1) is 5.92 Å². The molecule has 0 bridgehead atoms. The predicted octanol–water partition coefficient (Wildman–Crippen LogP) is 1.95. The van der Waals surface area contributed by atoms with E-state index in [1.54, 1.807) is 18.0 Å². The molecule has 0 aliphatic carbocycles. The number of ether oxygens (including phenoxy) is 1. The van der Waals surface area contributed by atoms with Crippen molar-refractivity contribution in [3.63, 3.8) is 0 Å². The maximum atomic E-state index is 12.3. The third-order valence-corrected chi connectivity index (χ3v) is 5.77. The van der Waals surface area contributed by atoms with Gasteiger partial charge in [-0.3, -0.25) is 4.79 Å². The normalized spacial score (nSPS) is 15.0. The number of amides is 1. The number of likely N-dealkylation sites (tertiary alicyclic amines) is 1. The Balaban J connectivity index is 1.41. The number of carbonyl (C=O) groups is 1. The van der Waals surface area contributed by atoms with Gasteiger partial charge < -0.3 is 14.5 Å². The molecule has 0 radical (unpaired) electrons. The van der Waals surface area contributed by atoms with E-state index in [1.807, 2.05) is 48.2 Å². The molecule has 1 saturated heterocycles. The van der Waals surface area contributed by atoms with E-state index < -0.39 is 0 Å². The highest BCUT2D eigenvalue weighted by molar-refractivity contribution is 5.76. The lowest BCUT2D eigenvalue weighted by Gasteiger charge is -2.32. The van der Waals surface area contributed by atoms with Crippen LogP contribution in [0.5, 0.6) is 5.75 Å². The molecular formula is C22H29N7O2. The largest absolute Gasteiger partial charge is 0.497 e. The van der Waals surface area contributed by atoms with Gasteiger partial charge in [-0.1, -0.05) is 5.21 Å². The Morgan fingerprint density at radius 1 is 1.19 bits per heavy atom. The fraction of sp³-hybridized carbons (Fsp3) is 0.500. The molecular weight excluding hydrogens is 394 g/mol. The van der Waals surface area contributed by atoms with E-state index in [0.717, 1.165) is 56.2 Å². The average Bonchev–Trinajstić information content (AvgIpc) is 3.21. The van der Waals surface area contributed by atoms with Gasteiger partial charge in [-0.05, 0) is 57.1 Å². The van der Waals surface area contributed by atoms with Crippen molar-refractivity contribution in [1.82, 2.24) is 34.8 Å². The molecule has 1 aliphatic rings. The Morgan fingerprint density at radius 3 is 2.61 bits per heavy atom. The van der Waals surface area contributed by atoms with Crippen LogP contribution in [0.4, 0.5) is 0 Å². The van der Waals surface area contributed by atoms with Crippen LogP contribution in [-0.2, 0) is 11.2 Å². The van der Waals surface area contributed by atoms with Crippen LogP contribution in [0.2, 0.25) is 0 Å². The van der Waals surface area contributed by atoms with Crippen LogP contribution >= 0.6 is 0 Å². The summed E-state index contributed by atoms with van der Waals surface area (Å²) in [5, 5.41) is 8.44. The topological polar surface area (TPSA) is 89.3 Å². The lowest BCUT2D eigenvalue weighted by atomic mass is 9.93. The smallest absolute Gasteiger partial charge is 0.223 e. The standard InChI is InChI=1S/C22H29N7O2/c1-27(2)11-10-21(30)28-12-8-16(9-13-28)14-20-23-15-19-22(24-20)29(26-25-19)17-4-6-18(31-3)7-5-17/h4-7,15-16H,8-14H2,1-3H3. The van der Waals surface area contributed by atoms with E-state index >= 15 is 0 Å². The molecule has 164 valence electrons. The van der Waals surface area contributed by atoms with Crippen molar-refractivity contribution in [2.75, 3.05) is 40.8 Å². The minimum Gasteiger partial charge on any atom is -0.497 e. The first kappa shape index (κ1) is 21.2. The zero-order valence-corrected chi connectivity index (χ0v) is 18.4. The number of benzene rings is 1. The summed E-state index contributed by atoms with van der Waals surface area (Å²) in [5.74, 6) is 2.30. The zero-order chi connectivity index (χ0) is 21.8. The van der Waals surface area contributed by atoms with Gasteiger partial charge in [0.2, 0.25) is 5.91 Å². The van der Waals surface area contributed by atoms with Crippen molar-refractivity contribution in [2.45, 2.75) is 25.7 Å². The SMILES string of the molecule is COc1ccc(-n2nnc3cnc(CC4CCN(C(=O)CCN(C)C)CC4)nc32)cc1. The van der Waals surface area contributed by atoms with Gasteiger partial charge in [0.05, 0.1) is 19.0 Å². The molecule has 3 aromatic rings. The summed E-state index contributed by atoms with van der Waals surface area (Å²) >= 11 is 0. The molecule has 4 rings (SSSR count). The van der Waals surface area contributed by atoms with E-state index in [2.05, 4.69) is 15.3 Å². The molecule has 0 spiro atoms. The van der Waals surface area contributed by atoms with Crippen LogP contribution in [-0.4, -0.2) is 81.5 Å². The highest BCUT2D eigenvalue weighted by atomic mass is 16.5. The number of hydrogen-bond donors (Lipinski definition) is 0.